The third-order valence-electron chi connectivity index (χ3n) is 2.29. The third-order valence-corrected chi connectivity index (χ3v) is 2.29. The van der Waals surface area contributed by atoms with E-state index in [1.807, 2.05) is 18.5 Å². The molecule has 1 aromatic rings. The number of aromatic nitrogens is 2. The van der Waals surface area contributed by atoms with Crippen molar-refractivity contribution in [2.45, 2.75) is 25.8 Å². The summed E-state index contributed by atoms with van der Waals surface area (Å²) in [5, 5.41) is 8.50. The number of aryl methyl sites for hydroxylation is 1. The van der Waals surface area contributed by atoms with Gasteiger partial charge in [0.2, 0.25) is 0 Å². The predicted octanol–water partition coefficient (Wildman–Crippen LogP) is 0.593. The Morgan fingerprint density at radius 3 is 2.86 bits per heavy atom. The number of carbonyl (C=O) groups is 1. The van der Waals surface area contributed by atoms with Crippen LogP contribution < -0.4 is 5.73 Å². The molecule has 78 valence electrons. The van der Waals surface area contributed by atoms with Gasteiger partial charge in [0.25, 0.3) is 0 Å². The van der Waals surface area contributed by atoms with E-state index >= 15 is 0 Å². The van der Waals surface area contributed by atoms with Gasteiger partial charge in [-0.25, -0.2) is 4.98 Å². The van der Waals surface area contributed by atoms with Crippen molar-refractivity contribution in [3.8, 4) is 0 Å². The van der Waals surface area contributed by atoms with Gasteiger partial charge in [-0.2, -0.15) is 0 Å². The summed E-state index contributed by atoms with van der Waals surface area (Å²) in [6.07, 6.45) is 2.19. The summed E-state index contributed by atoms with van der Waals surface area (Å²) < 4.78 is 1.87. The number of carboxylic acids is 1. The molecular formula is C9H15N3O2. The molecule has 1 unspecified atom stereocenters. The van der Waals surface area contributed by atoms with Gasteiger partial charge in [-0.1, -0.05) is 0 Å². The lowest BCUT2D eigenvalue weighted by molar-refractivity contribution is -0.137. The van der Waals surface area contributed by atoms with Crippen molar-refractivity contribution >= 4 is 5.97 Å². The molecule has 5 heteroatoms. The summed E-state index contributed by atoms with van der Waals surface area (Å²) in [6.45, 7) is 1.92. The normalized spacial score (nSPS) is 12.8. The van der Waals surface area contributed by atoms with E-state index in [4.69, 9.17) is 10.8 Å². The summed E-state index contributed by atoms with van der Waals surface area (Å²) in [5.74, 6) is -0.825. The second kappa shape index (κ2) is 4.23. The number of nitrogens with two attached hydrogens (primary N) is 1. The molecule has 1 rings (SSSR count). The molecule has 0 fully saturated rings. The fourth-order valence-electron chi connectivity index (χ4n) is 1.29. The number of nitrogens with zero attached hydrogens (tertiary/aromatic N) is 2. The molecule has 1 aromatic heterocycles. The Morgan fingerprint density at radius 2 is 2.43 bits per heavy atom. The average Bonchev–Trinajstić information content (AvgIpc) is 2.44. The standard InChI is InChI=1S/C9H15N3O2/c1-6-9(11-5-12(6)2)7(10)3-4-8(13)14/h5,7H,3-4,10H2,1-2H3,(H,13,14). The quantitative estimate of drug-likeness (QED) is 0.740. The fourth-order valence-corrected chi connectivity index (χ4v) is 1.29. The van der Waals surface area contributed by atoms with Gasteiger partial charge >= 0.3 is 5.97 Å². The predicted molar refractivity (Wildman–Crippen MR) is 51.7 cm³/mol. The number of aliphatic carboxylic acids is 1. The van der Waals surface area contributed by atoms with E-state index in [1.165, 1.54) is 0 Å². The van der Waals surface area contributed by atoms with Crippen LogP contribution in [0.15, 0.2) is 6.33 Å². The first-order valence-electron chi connectivity index (χ1n) is 4.47. The number of carboxylic acid groups (broad SMARTS) is 1. The summed E-state index contributed by atoms with van der Waals surface area (Å²) in [4.78, 5) is 14.5. The van der Waals surface area contributed by atoms with Gasteiger partial charge in [0.05, 0.1) is 12.0 Å². The van der Waals surface area contributed by atoms with Crippen LogP contribution in [0.25, 0.3) is 0 Å². The van der Waals surface area contributed by atoms with E-state index < -0.39 is 5.97 Å². The Kier molecular flexibility index (Phi) is 3.24. The van der Waals surface area contributed by atoms with Crippen molar-refractivity contribution in [3.63, 3.8) is 0 Å². The van der Waals surface area contributed by atoms with Crippen LogP contribution in [-0.2, 0) is 11.8 Å². The van der Waals surface area contributed by atoms with Crippen molar-refractivity contribution in [1.29, 1.82) is 0 Å². The molecule has 0 bridgehead atoms. The largest absolute Gasteiger partial charge is 0.481 e. The van der Waals surface area contributed by atoms with E-state index in [9.17, 15) is 4.79 Å². The second-order valence-electron chi connectivity index (χ2n) is 3.37. The van der Waals surface area contributed by atoms with Crippen LogP contribution in [0.2, 0.25) is 0 Å². The summed E-state index contributed by atoms with van der Waals surface area (Å²) in [5.41, 5.74) is 7.59. The van der Waals surface area contributed by atoms with Crippen LogP contribution >= 0.6 is 0 Å². The highest BCUT2D eigenvalue weighted by Crippen LogP contribution is 2.17. The SMILES string of the molecule is Cc1c(C(N)CCC(=O)O)ncn1C. The Labute approximate surface area is 82.6 Å². The van der Waals surface area contributed by atoms with Crippen LogP contribution in [-0.4, -0.2) is 20.6 Å². The molecule has 0 aliphatic carbocycles. The molecule has 1 heterocycles. The molecule has 0 aliphatic rings. The molecule has 0 amide bonds. The van der Waals surface area contributed by atoms with Gasteiger partial charge in [0, 0.05) is 25.2 Å². The van der Waals surface area contributed by atoms with E-state index in [-0.39, 0.29) is 12.5 Å². The highest BCUT2D eigenvalue weighted by atomic mass is 16.4. The highest BCUT2D eigenvalue weighted by molar-refractivity contribution is 5.66. The smallest absolute Gasteiger partial charge is 0.303 e. The molecule has 5 nitrogen and oxygen atoms in total. The molecule has 0 aromatic carbocycles. The zero-order valence-corrected chi connectivity index (χ0v) is 8.40. The fraction of sp³-hybridized carbons (Fsp3) is 0.556. The highest BCUT2D eigenvalue weighted by Gasteiger charge is 2.14. The van der Waals surface area contributed by atoms with E-state index in [0.717, 1.165) is 11.4 Å². The zero-order chi connectivity index (χ0) is 10.7. The summed E-state index contributed by atoms with van der Waals surface area (Å²) in [6, 6.07) is -0.285. The third kappa shape index (κ3) is 2.32. The molecule has 0 radical (unpaired) electrons. The van der Waals surface area contributed by atoms with Crippen molar-refractivity contribution < 1.29 is 9.90 Å². The van der Waals surface area contributed by atoms with Crippen LogP contribution in [0.3, 0.4) is 0 Å². The Hall–Kier alpha value is -1.36. The maximum atomic E-state index is 10.3. The zero-order valence-electron chi connectivity index (χ0n) is 8.40. The van der Waals surface area contributed by atoms with Crippen LogP contribution in [0.1, 0.15) is 30.3 Å². The molecule has 0 aliphatic heterocycles. The Morgan fingerprint density at radius 1 is 1.79 bits per heavy atom. The van der Waals surface area contributed by atoms with Gasteiger partial charge in [0.1, 0.15) is 0 Å². The van der Waals surface area contributed by atoms with Crippen molar-refractivity contribution in [3.05, 3.63) is 17.7 Å². The maximum absolute atomic E-state index is 10.3. The monoisotopic (exact) mass is 197 g/mol. The molecular weight excluding hydrogens is 182 g/mol. The van der Waals surface area contributed by atoms with E-state index in [1.54, 1.807) is 6.33 Å². The first kappa shape index (κ1) is 10.7. The first-order valence-corrected chi connectivity index (χ1v) is 4.47. The van der Waals surface area contributed by atoms with Gasteiger partial charge in [0.15, 0.2) is 0 Å². The molecule has 1 atom stereocenters. The minimum Gasteiger partial charge on any atom is -0.481 e. The molecule has 0 saturated heterocycles. The van der Waals surface area contributed by atoms with Gasteiger partial charge < -0.3 is 15.4 Å². The van der Waals surface area contributed by atoms with Crippen LogP contribution in [0, 0.1) is 6.92 Å². The van der Waals surface area contributed by atoms with E-state index in [0.29, 0.717) is 6.42 Å². The lowest BCUT2D eigenvalue weighted by Gasteiger charge is -2.08. The van der Waals surface area contributed by atoms with Crippen molar-refractivity contribution in [2.75, 3.05) is 0 Å². The van der Waals surface area contributed by atoms with Crippen LogP contribution in [0.5, 0.6) is 0 Å². The first-order chi connectivity index (χ1) is 6.52. The Balaban J connectivity index is 2.65. The lowest BCUT2D eigenvalue weighted by Crippen LogP contribution is -2.14. The minimum atomic E-state index is -0.825. The maximum Gasteiger partial charge on any atom is 0.303 e. The average molecular weight is 197 g/mol. The minimum absolute atomic E-state index is 0.0805. The Bertz CT molecular complexity index is 333. The number of hydrogen-bond acceptors (Lipinski definition) is 3. The summed E-state index contributed by atoms with van der Waals surface area (Å²) >= 11 is 0. The number of imidazole rings is 1. The second-order valence-corrected chi connectivity index (χ2v) is 3.37. The molecule has 0 saturated carbocycles. The van der Waals surface area contributed by atoms with Gasteiger partial charge in [-0.3, -0.25) is 4.79 Å². The van der Waals surface area contributed by atoms with Crippen LogP contribution in [0.4, 0.5) is 0 Å². The topological polar surface area (TPSA) is 81.1 Å². The van der Waals surface area contributed by atoms with E-state index in [2.05, 4.69) is 4.98 Å². The van der Waals surface area contributed by atoms with Gasteiger partial charge in [-0.05, 0) is 13.3 Å². The van der Waals surface area contributed by atoms with Crippen molar-refractivity contribution in [2.24, 2.45) is 12.8 Å². The lowest BCUT2D eigenvalue weighted by atomic mass is 10.1. The van der Waals surface area contributed by atoms with Crippen molar-refractivity contribution in [1.82, 2.24) is 9.55 Å². The van der Waals surface area contributed by atoms with Gasteiger partial charge in [-0.15, -0.1) is 0 Å². The molecule has 14 heavy (non-hydrogen) atoms. The number of hydrogen-bond donors (Lipinski definition) is 2. The number of rotatable bonds is 4. The summed E-state index contributed by atoms with van der Waals surface area (Å²) in [7, 11) is 1.88. The molecule has 3 N–H and O–H groups in total. The molecule has 0 spiro atoms.